The highest BCUT2D eigenvalue weighted by Gasteiger charge is 2.40. The number of aromatic nitrogens is 8. The second-order valence-electron chi connectivity index (χ2n) is 18.3. The molecule has 4 aromatic carbocycles. The van der Waals surface area contributed by atoms with Gasteiger partial charge in [0.15, 0.2) is 0 Å². The number of nitrogens with zero attached hydrogens (tertiary/aromatic N) is 12. The monoisotopic (exact) mass is 986 g/mol. The van der Waals surface area contributed by atoms with Crippen LogP contribution in [0.25, 0.3) is 22.3 Å². The van der Waals surface area contributed by atoms with E-state index in [4.69, 9.17) is 23.3 Å². The number of rotatable bonds is 20. The third kappa shape index (κ3) is 10.1. The van der Waals surface area contributed by atoms with Crippen molar-refractivity contribution in [3.05, 3.63) is 155 Å². The molecule has 19 heteroatoms. The summed E-state index contributed by atoms with van der Waals surface area (Å²) in [4.78, 5) is 35.4. The van der Waals surface area contributed by atoms with Gasteiger partial charge in [0, 0.05) is 49.1 Å². The van der Waals surface area contributed by atoms with Gasteiger partial charge in [-0.1, -0.05) is 81.4 Å². The lowest BCUT2D eigenvalue weighted by Gasteiger charge is -2.41. The van der Waals surface area contributed by atoms with Crippen LogP contribution in [0.2, 0.25) is 0 Å². The predicted octanol–water partition coefficient (Wildman–Crippen LogP) is 8.05. The number of likely N-dealkylation sites (N-methyl/N-ethyl adjacent to an activating group) is 1. The van der Waals surface area contributed by atoms with Crippen LogP contribution in [0.5, 0.6) is 0 Å². The Labute approximate surface area is 422 Å². The van der Waals surface area contributed by atoms with Crippen molar-refractivity contribution in [3.8, 4) is 22.3 Å². The van der Waals surface area contributed by atoms with E-state index in [0.717, 1.165) is 79.0 Å². The van der Waals surface area contributed by atoms with E-state index in [9.17, 15) is 9.59 Å². The zero-order chi connectivity index (χ0) is 50.6. The number of amides is 3. The fourth-order valence-electron chi connectivity index (χ4n) is 9.91. The van der Waals surface area contributed by atoms with Gasteiger partial charge in [-0.2, -0.15) is 0 Å². The summed E-state index contributed by atoms with van der Waals surface area (Å²) in [6.07, 6.45) is 4.08. The number of aryl methyl sites for hydroxylation is 4. The second kappa shape index (κ2) is 21.4. The molecule has 0 bridgehead atoms. The molecule has 4 aromatic heterocycles. The van der Waals surface area contributed by atoms with Crippen molar-refractivity contribution in [1.82, 2.24) is 45.2 Å². The van der Waals surface area contributed by atoms with Crippen molar-refractivity contribution in [3.63, 3.8) is 0 Å². The molecule has 2 aliphatic rings. The molecule has 2 atom stereocenters. The Bertz CT molecular complexity index is 2950. The molecule has 6 heterocycles. The molecular weight excluding hydrogens is 929 g/mol. The maximum atomic E-state index is 14.1. The Balaban J connectivity index is 0.667. The summed E-state index contributed by atoms with van der Waals surface area (Å²) in [6.45, 7) is 11.4. The van der Waals surface area contributed by atoms with Gasteiger partial charge in [-0.15, -0.1) is 10.2 Å². The van der Waals surface area contributed by atoms with E-state index in [0.29, 0.717) is 70.5 Å². The van der Waals surface area contributed by atoms with Crippen LogP contribution in [-0.2, 0) is 45.1 Å². The Morgan fingerprint density at radius 1 is 0.589 bits per heavy atom. The summed E-state index contributed by atoms with van der Waals surface area (Å²) in [6, 6.07) is 31.2. The normalized spacial score (nSPS) is 15.6. The summed E-state index contributed by atoms with van der Waals surface area (Å²) in [5.41, 5.74) is 12.3. The van der Waals surface area contributed by atoms with E-state index >= 15 is 0 Å². The van der Waals surface area contributed by atoms with Crippen LogP contribution < -0.4 is 14.7 Å². The van der Waals surface area contributed by atoms with Crippen molar-refractivity contribution in [2.45, 2.75) is 65.8 Å². The van der Waals surface area contributed by atoms with Gasteiger partial charge in [-0.3, -0.25) is 9.69 Å². The Morgan fingerprint density at radius 2 is 1.14 bits per heavy atom. The molecule has 0 spiro atoms. The average molecular weight is 987 g/mol. The Morgan fingerprint density at radius 3 is 1.74 bits per heavy atom. The molecular formula is C54H58N12O7. The summed E-state index contributed by atoms with van der Waals surface area (Å²) in [7, 11) is 3.61. The van der Waals surface area contributed by atoms with Crippen LogP contribution in [-0.4, -0.2) is 117 Å². The van der Waals surface area contributed by atoms with Crippen LogP contribution in [0.3, 0.4) is 0 Å². The van der Waals surface area contributed by atoms with Gasteiger partial charge >= 0.3 is 6.03 Å². The lowest BCUT2D eigenvalue weighted by Crippen LogP contribution is -2.51. The molecule has 19 nitrogen and oxygen atoms in total. The first kappa shape index (κ1) is 48.6. The number of ether oxygens (including phenoxy) is 3. The van der Waals surface area contributed by atoms with Crippen molar-refractivity contribution < 1.29 is 32.8 Å². The summed E-state index contributed by atoms with van der Waals surface area (Å²) in [5.74, 6) is 1.44. The maximum Gasteiger partial charge on any atom is 0.325 e. The number of carbonyl (C=O) groups excluding carboxylic acids is 2. The molecule has 0 N–H and O–H groups in total. The zero-order valence-electron chi connectivity index (χ0n) is 41.8. The SMILES string of the molecule is Cc1noc(C)c1-c1ccc2c(c1)C(c1ccccc1)N(Cc1cn(CCOCCOCCOCCn3cc(CC4C(=O)N(C)c5ccc(-c6c(C)noc6C)cc5N4c4ccccc4)nn3)nn1)C(=O)N2C. The third-order valence-electron chi connectivity index (χ3n) is 13.4. The molecule has 2 aliphatic heterocycles. The van der Waals surface area contributed by atoms with Crippen molar-refractivity contribution in [2.24, 2.45) is 0 Å². The number of anilines is 4. The van der Waals surface area contributed by atoms with Crippen LogP contribution in [0, 0.1) is 27.7 Å². The first-order valence-electron chi connectivity index (χ1n) is 24.4. The summed E-state index contributed by atoms with van der Waals surface area (Å²) >= 11 is 0. The Kier molecular flexibility index (Phi) is 14.2. The van der Waals surface area contributed by atoms with E-state index in [1.54, 1.807) is 26.2 Å². The molecule has 0 radical (unpaired) electrons. The van der Waals surface area contributed by atoms with E-state index < -0.39 is 6.04 Å². The fraction of sp³-hybridized carbons (Fsp3) is 0.333. The van der Waals surface area contributed by atoms with Crippen LogP contribution in [0.15, 0.2) is 119 Å². The number of hydrogen-bond acceptors (Lipinski definition) is 14. The largest absolute Gasteiger partial charge is 0.377 e. The van der Waals surface area contributed by atoms with Gasteiger partial charge in [-0.25, -0.2) is 14.2 Å². The number of hydrogen-bond donors (Lipinski definition) is 0. The highest BCUT2D eigenvalue weighted by molar-refractivity contribution is 6.08. The molecule has 8 aromatic rings. The number of benzene rings is 4. The molecule has 10 rings (SSSR count). The highest BCUT2D eigenvalue weighted by atomic mass is 16.5. The van der Waals surface area contributed by atoms with Crippen LogP contribution in [0.1, 0.15) is 51.5 Å². The molecule has 0 fully saturated rings. The number of fused-ring (bicyclic) bond motifs is 2. The Hall–Kier alpha value is -8.00. The number of carbonyl (C=O) groups is 2. The smallest absolute Gasteiger partial charge is 0.325 e. The summed E-state index contributed by atoms with van der Waals surface area (Å²) in [5, 5.41) is 25.9. The van der Waals surface area contributed by atoms with Gasteiger partial charge in [-0.05, 0) is 80.8 Å². The molecule has 0 saturated heterocycles. The van der Waals surface area contributed by atoms with Gasteiger partial charge in [0.05, 0.1) is 106 Å². The standard InChI is InChI=1S/C54H58N12O7/c1-35-50(37(3)72-57-35)40-17-19-46-45(29-40)52(39-13-9-7-10-14-39)65(54(68)62(46)6)34-43-33-64(60-56-43)22-24-70-26-28-71-27-25-69-23-21-63-32-42(55-59-63)31-49-53(67)61(5)47-20-18-41(51-36(2)58-73-38(51)4)30-48(47)66(49)44-15-11-8-12-16-44/h7-20,29-30,32-33,49,52H,21-28,31,34H2,1-6H3. The van der Waals surface area contributed by atoms with Gasteiger partial charge in [0.2, 0.25) is 5.91 Å². The van der Waals surface area contributed by atoms with Crippen LogP contribution in [0.4, 0.5) is 27.5 Å². The minimum atomic E-state index is -0.562. The van der Waals surface area contributed by atoms with E-state index in [1.165, 1.54) is 0 Å². The average Bonchev–Trinajstić information content (AvgIpc) is 4.21. The minimum Gasteiger partial charge on any atom is -0.377 e. The molecule has 376 valence electrons. The lowest BCUT2D eigenvalue weighted by molar-refractivity contribution is -0.119. The molecule has 0 saturated carbocycles. The second-order valence-corrected chi connectivity index (χ2v) is 18.3. The number of para-hydroxylation sites is 1. The highest BCUT2D eigenvalue weighted by Crippen LogP contribution is 2.45. The topological polar surface area (TPSA) is 188 Å². The molecule has 0 aliphatic carbocycles. The van der Waals surface area contributed by atoms with E-state index in [-0.39, 0.29) is 24.5 Å². The van der Waals surface area contributed by atoms with Crippen LogP contribution >= 0.6 is 0 Å². The zero-order valence-corrected chi connectivity index (χ0v) is 41.8. The van der Waals surface area contributed by atoms with Crippen molar-refractivity contribution in [1.29, 1.82) is 0 Å². The molecule has 2 unspecified atom stereocenters. The quantitative estimate of drug-likeness (QED) is 0.0667. The predicted molar refractivity (Wildman–Crippen MR) is 272 cm³/mol. The first-order chi connectivity index (χ1) is 35.5. The van der Waals surface area contributed by atoms with Gasteiger partial charge in [0.25, 0.3) is 0 Å². The van der Waals surface area contributed by atoms with E-state index in [1.807, 2.05) is 137 Å². The number of urea groups is 1. The molecule has 73 heavy (non-hydrogen) atoms. The van der Waals surface area contributed by atoms with E-state index in [2.05, 4.69) is 48.0 Å². The maximum absolute atomic E-state index is 14.1. The lowest BCUT2D eigenvalue weighted by atomic mass is 9.90. The van der Waals surface area contributed by atoms with Gasteiger partial charge in [0.1, 0.15) is 23.3 Å². The van der Waals surface area contributed by atoms with Crippen molar-refractivity contribution in [2.75, 3.05) is 68.4 Å². The van der Waals surface area contributed by atoms with Crippen molar-refractivity contribution >= 4 is 34.7 Å². The van der Waals surface area contributed by atoms with Gasteiger partial charge < -0.3 is 38.0 Å². The molecule has 3 amide bonds. The first-order valence-corrected chi connectivity index (χ1v) is 24.4. The fourth-order valence-corrected chi connectivity index (χ4v) is 9.91. The third-order valence-corrected chi connectivity index (χ3v) is 13.4. The minimum absolute atomic E-state index is 0.0410. The summed E-state index contributed by atoms with van der Waals surface area (Å²) < 4.78 is 31.9.